The maximum absolute atomic E-state index is 12.1. The number of sulfonamides is 1. The number of benzene rings is 1. The summed E-state index contributed by atoms with van der Waals surface area (Å²) in [5.41, 5.74) is 0.516. The van der Waals surface area contributed by atoms with Crippen molar-refractivity contribution in [3.05, 3.63) is 29.8 Å². The van der Waals surface area contributed by atoms with E-state index in [0.717, 1.165) is 19.6 Å². The van der Waals surface area contributed by atoms with E-state index in [-0.39, 0.29) is 10.7 Å². The topological polar surface area (TPSA) is 66.5 Å². The molecule has 6 heteroatoms. The van der Waals surface area contributed by atoms with Gasteiger partial charge in [0.2, 0.25) is 10.0 Å². The third kappa shape index (κ3) is 4.62. The molecule has 1 aliphatic heterocycles. The number of nitrogens with zero attached hydrogens (tertiary/aromatic N) is 1. The molecule has 5 nitrogen and oxygen atoms in total. The standard InChI is InChI=1S/C15H22N2O3S/c1-13(18)14-5-7-15(8-6-14)21(19,20)16-9-12-17-10-3-2-4-11-17/h5-8,16H,2-4,9-12H2,1H3. The monoisotopic (exact) mass is 310 g/mol. The molecule has 0 aliphatic carbocycles. The number of carbonyl (C=O) groups excluding carboxylic acids is 1. The van der Waals surface area contributed by atoms with Crippen LogP contribution in [-0.4, -0.2) is 45.3 Å². The lowest BCUT2D eigenvalue weighted by atomic mass is 10.1. The molecule has 1 heterocycles. The van der Waals surface area contributed by atoms with Gasteiger partial charge in [-0.15, -0.1) is 0 Å². The second-order valence-electron chi connectivity index (χ2n) is 5.38. The highest BCUT2D eigenvalue weighted by Crippen LogP contribution is 2.11. The Morgan fingerprint density at radius 2 is 1.76 bits per heavy atom. The van der Waals surface area contributed by atoms with Gasteiger partial charge >= 0.3 is 0 Å². The molecule has 1 aromatic carbocycles. The Morgan fingerprint density at radius 3 is 2.33 bits per heavy atom. The van der Waals surface area contributed by atoms with Crippen LogP contribution in [0.25, 0.3) is 0 Å². The fourth-order valence-corrected chi connectivity index (χ4v) is 3.49. The first kappa shape index (κ1) is 16.1. The highest BCUT2D eigenvalue weighted by molar-refractivity contribution is 7.89. The zero-order valence-electron chi connectivity index (χ0n) is 12.3. The van der Waals surface area contributed by atoms with Crippen LogP contribution in [0, 0.1) is 0 Å². The van der Waals surface area contributed by atoms with Crippen molar-refractivity contribution < 1.29 is 13.2 Å². The summed E-state index contributed by atoms with van der Waals surface area (Å²) in [6, 6.07) is 6.03. The number of carbonyl (C=O) groups is 1. The molecule has 0 amide bonds. The summed E-state index contributed by atoms with van der Waals surface area (Å²) in [5.74, 6) is -0.0722. The second-order valence-corrected chi connectivity index (χ2v) is 7.15. The number of hydrogen-bond acceptors (Lipinski definition) is 4. The van der Waals surface area contributed by atoms with Gasteiger partial charge in [-0.3, -0.25) is 4.79 Å². The van der Waals surface area contributed by atoms with E-state index in [2.05, 4.69) is 9.62 Å². The first-order valence-corrected chi connectivity index (χ1v) is 8.80. The SMILES string of the molecule is CC(=O)c1ccc(S(=O)(=O)NCCN2CCCCC2)cc1. The molecule has 0 radical (unpaired) electrons. The third-order valence-corrected chi connectivity index (χ3v) is 5.22. The summed E-state index contributed by atoms with van der Waals surface area (Å²) >= 11 is 0. The quantitative estimate of drug-likeness (QED) is 0.811. The van der Waals surface area contributed by atoms with Gasteiger partial charge in [-0.25, -0.2) is 13.1 Å². The molecule has 0 saturated carbocycles. The molecular formula is C15H22N2O3S. The molecule has 1 N–H and O–H groups in total. The molecule has 1 fully saturated rings. The van der Waals surface area contributed by atoms with E-state index in [1.165, 1.54) is 38.3 Å². The highest BCUT2D eigenvalue weighted by atomic mass is 32.2. The van der Waals surface area contributed by atoms with Crippen molar-refractivity contribution in [2.24, 2.45) is 0 Å². The zero-order valence-corrected chi connectivity index (χ0v) is 13.2. The Balaban J connectivity index is 1.90. The minimum Gasteiger partial charge on any atom is -0.302 e. The molecule has 2 rings (SSSR count). The molecule has 0 atom stereocenters. The molecule has 0 spiro atoms. The summed E-state index contributed by atoms with van der Waals surface area (Å²) in [4.78, 5) is 13.7. The van der Waals surface area contributed by atoms with Crippen molar-refractivity contribution >= 4 is 15.8 Å². The number of ketones is 1. The normalized spacial score (nSPS) is 16.8. The van der Waals surface area contributed by atoms with Crippen LogP contribution in [0.3, 0.4) is 0 Å². The first-order valence-electron chi connectivity index (χ1n) is 7.32. The van der Waals surface area contributed by atoms with Crippen molar-refractivity contribution in [1.82, 2.24) is 9.62 Å². The van der Waals surface area contributed by atoms with Crippen LogP contribution in [0.2, 0.25) is 0 Å². The molecule has 1 aliphatic rings. The van der Waals surface area contributed by atoms with Crippen LogP contribution in [-0.2, 0) is 10.0 Å². The highest BCUT2D eigenvalue weighted by Gasteiger charge is 2.15. The molecule has 0 bridgehead atoms. The second kappa shape index (κ2) is 7.15. The van der Waals surface area contributed by atoms with Crippen LogP contribution >= 0.6 is 0 Å². The van der Waals surface area contributed by atoms with Gasteiger partial charge in [0.25, 0.3) is 0 Å². The maximum atomic E-state index is 12.1. The van der Waals surface area contributed by atoms with Gasteiger partial charge in [0.15, 0.2) is 5.78 Å². The molecule has 1 aromatic rings. The van der Waals surface area contributed by atoms with Gasteiger partial charge < -0.3 is 4.90 Å². The van der Waals surface area contributed by atoms with E-state index in [1.54, 1.807) is 12.1 Å². The number of likely N-dealkylation sites (tertiary alicyclic amines) is 1. The van der Waals surface area contributed by atoms with E-state index in [0.29, 0.717) is 12.1 Å². The van der Waals surface area contributed by atoms with Crippen molar-refractivity contribution in [3.63, 3.8) is 0 Å². The van der Waals surface area contributed by atoms with Crippen molar-refractivity contribution in [1.29, 1.82) is 0 Å². The van der Waals surface area contributed by atoms with Crippen molar-refractivity contribution in [3.8, 4) is 0 Å². The first-order chi connectivity index (χ1) is 9.99. The summed E-state index contributed by atoms with van der Waals surface area (Å²) < 4.78 is 26.9. The maximum Gasteiger partial charge on any atom is 0.240 e. The summed E-state index contributed by atoms with van der Waals surface area (Å²) in [5, 5.41) is 0. The number of piperidine rings is 1. The van der Waals surface area contributed by atoms with Gasteiger partial charge in [-0.2, -0.15) is 0 Å². The average Bonchev–Trinajstić information content (AvgIpc) is 2.48. The number of hydrogen-bond donors (Lipinski definition) is 1. The van der Waals surface area contributed by atoms with E-state index >= 15 is 0 Å². The lowest BCUT2D eigenvalue weighted by molar-refractivity contribution is 0.101. The Labute approximate surface area is 126 Å². The largest absolute Gasteiger partial charge is 0.302 e. The Kier molecular flexibility index (Phi) is 5.50. The molecule has 0 aromatic heterocycles. The van der Waals surface area contributed by atoms with Gasteiger partial charge in [-0.1, -0.05) is 18.6 Å². The van der Waals surface area contributed by atoms with Gasteiger partial charge in [-0.05, 0) is 45.0 Å². The zero-order chi connectivity index (χ0) is 15.3. The van der Waals surface area contributed by atoms with Crippen molar-refractivity contribution in [2.45, 2.75) is 31.1 Å². The average molecular weight is 310 g/mol. The van der Waals surface area contributed by atoms with Gasteiger partial charge in [0.05, 0.1) is 4.90 Å². The summed E-state index contributed by atoms with van der Waals surface area (Å²) in [6.07, 6.45) is 3.66. The molecule has 1 saturated heterocycles. The molecule has 21 heavy (non-hydrogen) atoms. The van der Waals surface area contributed by atoms with Gasteiger partial charge in [0, 0.05) is 18.7 Å². The van der Waals surface area contributed by atoms with E-state index in [4.69, 9.17) is 0 Å². The number of nitrogens with one attached hydrogen (secondary N) is 1. The fourth-order valence-electron chi connectivity index (χ4n) is 2.47. The predicted molar refractivity (Wildman–Crippen MR) is 81.9 cm³/mol. The predicted octanol–water partition coefficient (Wildman–Crippen LogP) is 1.65. The molecule has 0 unspecified atom stereocenters. The third-order valence-electron chi connectivity index (χ3n) is 3.74. The van der Waals surface area contributed by atoms with E-state index in [1.807, 2.05) is 0 Å². The van der Waals surface area contributed by atoms with Crippen LogP contribution in [0.15, 0.2) is 29.2 Å². The van der Waals surface area contributed by atoms with Crippen LogP contribution in [0.4, 0.5) is 0 Å². The van der Waals surface area contributed by atoms with Crippen molar-refractivity contribution in [2.75, 3.05) is 26.2 Å². The summed E-state index contributed by atoms with van der Waals surface area (Å²) in [7, 11) is -3.49. The number of Topliss-reactive ketones (excluding diaryl/α,β-unsaturated/α-hetero) is 1. The fraction of sp³-hybridized carbons (Fsp3) is 0.533. The number of rotatable bonds is 6. The van der Waals surface area contributed by atoms with E-state index in [9.17, 15) is 13.2 Å². The van der Waals surface area contributed by atoms with Crippen LogP contribution in [0.5, 0.6) is 0 Å². The Hall–Kier alpha value is -1.24. The van der Waals surface area contributed by atoms with Crippen LogP contribution < -0.4 is 4.72 Å². The molecular weight excluding hydrogens is 288 g/mol. The lowest BCUT2D eigenvalue weighted by Crippen LogP contribution is -2.37. The summed E-state index contributed by atoms with van der Waals surface area (Å²) in [6.45, 7) is 4.71. The smallest absolute Gasteiger partial charge is 0.240 e. The Morgan fingerprint density at radius 1 is 1.14 bits per heavy atom. The minimum absolute atomic E-state index is 0.0722. The molecule has 116 valence electrons. The van der Waals surface area contributed by atoms with Gasteiger partial charge in [0.1, 0.15) is 0 Å². The minimum atomic E-state index is -3.49. The van der Waals surface area contributed by atoms with Crippen LogP contribution in [0.1, 0.15) is 36.5 Å². The Bertz CT molecular complexity index is 575. The van der Waals surface area contributed by atoms with E-state index < -0.39 is 10.0 Å². The lowest BCUT2D eigenvalue weighted by Gasteiger charge is -2.26.